The molecule has 0 saturated heterocycles. The third kappa shape index (κ3) is 2.77. The van der Waals surface area contributed by atoms with E-state index in [1.807, 2.05) is 0 Å². The van der Waals surface area contributed by atoms with Gasteiger partial charge in [0.2, 0.25) is 0 Å². The summed E-state index contributed by atoms with van der Waals surface area (Å²) in [6.45, 7) is 0. The van der Waals surface area contributed by atoms with Crippen LogP contribution in [0.15, 0.2) is 23.6 Å². The third-order valence-corrected chi connectivity index (χ3v) is 3.06. The zero-order valence-corrected chi connectivity index (χ0v) is 10.8. The molecule has 1 N–H and O–H groups in total. The number of aromatic nitrogens is 1. The number of carbonyl (C=O) groups is 1. The van der Waals surface area contributed by atoms with Crippen molar-refractivity contribution in [1.29, 1.82) is 0 Å². The number of hydrogen-bond donors (Lipinski definition) is 1. The molecule has 0 atom stereocenters. The highest BCUT2D eigenvalue weighted by Crippen LogP contribution is 2.25. The second kappa shape index (κ2) is 5.32. The molecule has 0 saturated carbocycles. The normalized spacial score (nSPS) is 10.2. The maximum atomic E-state index is 13.5. The molecule has 0 aliphatic heterocycles. The minimum absolute atomic E-state index is 0.180. The van der Waals surface area contributed by atoms with Crippen molar-refractivity contribution in [2.45, 2.75) is 0 Å². The molecule has 18 heavy (non-hydrogen) atoms. The van der Waals surface area contributed by atoms with E-state index in [2.05, 4.69) is 15.0 Å². The summed E-state index contributed by atoms with van der Waals surface area (Å²) in [5, 5.41) is 5.01. The quantitative estimate of drug-likeness (QED) is 0.878. The zero-order chi connectivity index (χ0) is 13.1. The summed E-state index contributed by atoms with van der Waals surface area (Å²) >= 11 is 6.82. The van der Waals surface area contributed by atoms with Gasteiger partial charge < -0.3 is 10.1 Å². The van der Waals surface area contributed by atoms with Gasteiger partial charge in [-0.2, -0.15) is 0 Å². The first-order valence-electron chi connectivity index (χ1n) is 4.86. The number of nitrogens with zero attached hydrogens (tertiary/aromatic N) is 1. The SMILES string of the molecule is COC(=O)c1csc(Nc2ccc(Cl)cc2F)n1. The lowest BCUT2D eigenvalue weighted by Gasteiger charge is -2.03. The molecule has 94 valence electrons. The number of methoxy groups -OCH3 is 1. The van der Waals surface area contributed by atoms with Gasteiger partial charge in [-0.3, -0.25) is 0 Å². The first-order valence-corrected chi connectivity index (χ1v) is 6.12. The van der Waals surface area contributed by atoms with E-state index in [4.69, 9.17) is 11.6 Å². The van der Waals surface area contributed by atoms with Gasteiger partial charge in [0.15, 0.2) is 10.8 Å². The zero-order valence-electron chi connectivity index (χ0n) is 9.24. The Bertz CT molecular complexity index is 588. The van der Waals surface area contributed by atoms with Crippen LogP contribution in [0.25, 0.3) is 0 Å². The Morgan fingerprint density at radius 3 is 3.00 bits per heavy atom. The van der Waals surface area contributed by atoms with Crippen molar-refractivity contribution in [3.8, 4) is 0 Å². The molecule has 1 heterocycles. The Kier molecular flexibility index (Phi) is 3.78. The number of esters is 1. The van der Waals surface area contributed by atoms with E-state index >= 15 is 0 Å². The average molecular weight is 287 g/mol. The number of nitrogens with one attached hydrogen (secondary N) is 1. The lowest BCUT2D eigenvalue weighted by molar-refractivity contribution is 0.0595. The summed E-state index contributed by atoms with van der Waals surface area (Å²) in [5.41, 5.74) is 0.421. The second-order valence-electron chi connectivity index (χ2n) is 3.28. The van der Waals surface area contributed by atoms with Gasteiger partial charge in [0.1, 0.15) is 5.82 Å². The molecule has 1 aromatic carbocycles. The number of anilines is 2. The van der Waals surface area contributed by atoms with E-state index in [0.29, 0.717) is 10.2 Å². The molecule has 0 spiro atoms. The Labute approximate surface area is 111 Å². The van der Waals surface area contributed by atoms with Crippen LogP contribution in [0.5, 0.6) is 0 Å². The van der Waals surface area contributed by atoms with Gasteiger partial charge in [0, 0.05) is 10.4 Å². The number of carbonyl (C=O) groups excluding carboxylic acids is 1. The van der Waals surface area contributed by atoms with E-state index in [-0.39, 0.29) is 11.4 Å². The van der Waals surface area contributed by atoms with Gasteiger partial charge in [-0.15, -0.1) is 11.3 Å². The smallest absolute Gasteiger partial charge is 0.357 e. The van der Waals surface area contributed by atoms with Crippen molar-refractivity contribution >= 4 is 39.7 Å². The topological polar surface area (TPSA) is 51.2 Å². The molecular weight excluding hydrogens is 279 g/mol. The molecule has 2 aromatic rings. The molecule has 0 aliphatic rings. The van der Waals surface area contributed by atoms with E-state index in [0.717, 1.165) is 0 Å². The van der Waals surface area contributed by atoms with Crippen LogP contribution < -0.4 is 5.32 Å². The molecule has 0 aliphatic carbocycles. The highest BCUT2D eigenvalue weighted by Gasteiger charge is 2.11. The first-order chi connectivity index (χ1) is 8.60. The van der Waals surface area contributed by atoms with Crippen molar-refractivity contribution in [2.24, 2.45) is 0 Å². The second-order valence-corrected chi connectivity index (χ2v) is 4.57. The van der Waals surface area contributed by atoms with Crippen molar-refractivity contribution in [2.75, 3.05) is 12.4 Å². The van der Waals surface area contributed by atoms with Gasteiger partial charge >= 0.3 is 5.97 Å². The number of rotatable bonds is 3. The summed E-state index contributed by atoms with van der Waals surface area (Å²) in [5.74, 6) is -1.02. The molecule has 0 radical (unpaired) electrons. The number of halogens is 2. The Hall–Kier alpha value is -1.66. The van der Waals surface area contributed by atoms with Crippen LogP contribution in [0.1, 0.15) is 10.5 Å². The summed E-state index contributed by atoms with van der Waals surface area (Å²) in [7, 11) is 1.27. The molecular formula is C11H8ClFN2O2S. The maximum absolute atomic E-state index is 13.5. The van der Waals surface area contributed by atoms with E-state index in [1.54, 1.807) is 6.07 Å². The predicted octanol–water partition coefficient (Wildman–Crippen LogP) is 3.47. The largest absolute Gasteiger partial charge is 0.464 e. The van der Waals surface area contributed by atoms with Gasteiger partial charge in [0.05, 0.1) is 12.8 Å². The molecule has 0 bridgehead atoms. The molecule has 2 rings (SSSR count). The molecule has 0 fully saturated rings. The number of ether oxygens (including phenoxy) is 1. The van der Waals surface area contributed by atoms with Crippen LogP contribution in [-0.2, 0) is 4.74 Å². The summed E-state index contributed by atoms with van der Waals surface area (Å²) in [6, 6.07) is 4.25. The maximum Gasteiger partial charge on any atom is 0.357 e. The number of thiazole rings is 1. The van der Waals surface area contributed by atoms with Crippen molar-refractivity contribution in [1.82, 2.24) is 4.98 Å². The molecule has 7 heteroatoms. The highest BCUT2D eigenvalue weighted by molar-refractivity contribution is 7.14. The van der Waals surface area contributed by atoms with Gasteiger partial charge in [-0.25, -0.2) is 14.2 Å². The minimum Gasteiger partial charge on any atom is -0.464 e. The van der Waals surface area contributed by atoms with Crippen molar-refractivity contribution in [3.63, 3.8) is 0 Å². The molecule has 0 amide bonds. The Morgan fingerprint density at radius 2 is 2.33 bits per heavy atom. The van der Waals surface area contributed by atoms with E-state index in [9.17, 15) is 9.18 Å². The lowest BCUT2D eigenvalue weighted by atomic mass is 10.3. The Morgan fingerprint density at radius 1 is 1.56 bits per heavy atom. The molecule has 1 aromatic heterocycles. The van der Waals surface area contributed by atoms with Crippen LogP contribution in [-0.4, -0.2) is 18.1 Å². The number of hydrogen-bond acceptors (Lipinski definition) is 5. The lowest BCUT2D eigenvalue weighted by Crippen LogP contribution is -2.01. The predicted molar refractivity (Wildman–Crippen MR) is 68.1 cm³/mol. The van der Waals surface area contributed by atoms with Crippen LogP contribution >= 0.6 is 22.9 Å². The van der Waals surface area contributed by atoms with Crippen LogP contribution in [0.4, 0.5) is 15.2 Å². The van der Waals surface area contributed by atoms with Crippen LogP contribution in [0.3, 0.4) is 0 Å². The minimum atomic E-state index is -0.532. The van der Waals surface area contributed by atoms with Crippen LogP contribution in [0, 0.1) is 5.82 Å². The van der Waals surface area contributed by atoms with E-state index < -0.39 is 11.8 Å². The monoisotopic (exact) mass is 286 g/mol. The molecule has 4 nitrogen and oxygen atoms in total. The van der Waals surface area contributed by atoms with Crippen LogP contribution in [0.2, 0.25) is 5.02 Å². The van der Waals surface area contributed by atoms with Gasteiger partial charge in [0.25, 0.3) is 0 Å². The number of benzene rings is 1. The summed E-state index contributed by atoms with van der Waals surface area (Å²) < 4.78 is 18.0. The molecule has 0 unspecified atom stereocenters. The van der Waals surface area contributed by atoms with Gasteiger partial charge in [-0.1, -0.05) is 11.6 Å². The fraction of sp³-hybridized carbons (Fsp3) is 0.0909. The van der Waals surface area contributed by atoms with Gasteiger partial charge in [-0.05, 0) is 18.2 Å². The highest BCUT2D eigenvalue weighted by atomic mass is 35.5. The fourth-order valence-electron chi connectivity index (χ4n) is 1.24. The fourth-order valence-corrected chi connectivity index (χ4v) is 2.09. The van der Waals surface area contributed by atoms with Crippen molar-refractivity contribution in [3.05, 3.63) is 40.1 Å². The Balaban J connectivity index is 2.18. The van der Waals surface area contributed by atoms with E-state index in [1.165, 1.54) is 36.0 Å². The standard InChI is InChI=1S/C11H8ClFN2O2S/c1-17-10(16)9-5-18-11(15-9)14-8-3-2-6(12)4-7(8)13/h2-5H,1H3,(H,14,15). The first kappa shape index (κ1) is 12.8. The summed E-state index contributed by atoms with van der Waals surface area (Å²) in [6.07, 6.45) is 0. The van der Waals surface area contributed by atoms with Crippen molar-refractivity contribution < 1.29 is 13.9 Å². The third-order valence-electron chi connectivity index (χ3n) is 2.07. The summed E-state index contributed by atoms with van der Waals surface area (Å²) in [4.78, 5) is 15.2. The average Bonchev–Trinajstić information content (AvgIpc) is 2.80.